The second kappa shape index (κ2) is 5.90. The first-order valence-corrected chi connectivity index (χ1v) is 5.39. The molecule has 1 heterocycles. The number of hydrogen-bond donors (Lipinski definition) is 2. The lowest BCUT2D eigenvalue weighted by molar-refractivity contribution is -0.135. The molecule has 7 heteroatoms. The van der Waals surface area contributed by atoms with Crippen LogP contribution in [-0.2, 0) is 6.54 Å². The number of aromatic carboxylic acids is 1. The molecule has 0 saturated carbocycles. The Morgan fingerprint density at radius 1 is 1.50 bits per heavy atom. The number of hydrogen-bond acceptors (Lipinski definition) is 3. The van der Waals surface area contributed by atoms with Gasteiger partial charge in [-0.1, -0.05) is 0 Å². The van der Waals surface area contributed by atoms with Gasteiger partial charge in [0, 0.05) is 6.42 Å². The largest absolute Gasteiger partial charge is 0.478 e. The van der Waals surface area contributed by atoms with Crippen molar-refractivity contribution in [2.75, 3.05) is 6.54 Å². The smallest absolute Gasteiger partial charge is 0.389 e. The Hall–Kier alpha value is -1.50. The molecule has 102 valence electrons. The normalized spacial score (nSPS) is 11.8. The van der Waals surface area contributed by atoms with E-state index >= 15 is 0 Å². The average molecular weight is 265 g/mol. The van der Waals surface area contributed by atoms with Crippen molar-refractivity contribution in [3.05, 3.63) is 23.2 Å². The van der Waals surface area contributed by atoms with E-state index in [0.717, 1.165) is 0 Å². The number of carboxylic acid groups (broad SMARTS) is 1. The van der Waals surface area contributed by atoms with Gasteiger partial charge in [-0.15, -0.1) is 0 Å². The molecule has 2 N–H and O–H groups in total. The second-order valence-corrected chi connectivity index (χ2v) is 3.88. The van der Waals surface area contributed by atoms with E-state index < -0.39 is 18.6 Å². The maximum Gasteiger partial charge on any atom is 0.389 e. The molecule has 0 radical (unpaired) electrons. The van der Waals surface area contributed by atoms with Gasteiger partial charge in [0.05, 0.1) is 6.54 Å². The summed E-state index contributed by atoms with van der Waals surface area (Å²) in [5, 5.41) is 11.5. The van der Waals surface area contributed by atoms with Gasteiger partial charge in [-0.2, -0.15) is 13.2 Å². The molecule has 0 amide bonds. The monoisotopic (exact) mass is 265 g/mol. The van der Waals surface area contributed by atoms with Crippen LogP contribution < -0.4 is 5.32 Å². The predicted molar refractivity (Wildman–Crippen MR) is 57.4 cm³/mol. The van der Waals surface area contributed by atoms with E-state index in [9.17, 15) is 18.0 Å². The maximum absolute atomic E-state index is 11.8. The molecule has 1 aromatic heterocycles. The van der Waals surface area contributed by atoms with Crippen LogP contribution in [0.15, 0.2) is 10.5 Å². The van der Waals surface area contributed by atoms with Crippen molar-refractivity contribution in [1.29, 1.82) is 0 Å². The van der Waals surface area contributed by atoms with Crippen molar-refractivity contribution in [2.24, 2.45) is 0 Å². The molecule has 0 aliphatic rings. The van der Waals surface area contributed by atoms with Crippen LogP contribution in [0.2, 0.25) is 0 Å². The second-order valence-electron chi connectivity index (χ2n) is 3.88. The molecule has 0 saturated heterocycles. The molecule has 0 fully saturated rings. The van der Waals surface area contributed by atoms with Crippen LogP contribution in [-0.4, -0.2) is 23.8 Å². The highest BCUT2D eigenvalue weighted by molar-refractivity contribution is 5.88. The Bertz CT molecular complexity index is 412. The third-order valence-corrected chi connectivity index (χ3v) is 2.31. The van der Waals surface area contributed by atoms with E-state index in [1.165, 1.54) is 13.0 Å². The van der Waals surface area contributed by atoms with Crippen LogP contribution in [0.25, 0.3) is 0 Å². The van der Waals surface area contributed by atoms with E-state index in [4.69, 9.17) is 9.52 Å². The number of nitrogens with one attached hydrogen (secondary N) is 1. The number of carbonyl (C=O) groups is 1. The fraction of sp³-hybridized carbons (Fsp3) is 0.545. The fourth-order valence-corrected chi connectivity index (χ4v) is 1.47. The summed E-state index contributed by atoms with van der Waals surface area (Å²) in [4.78, 5) is 10.7. The zero-order chi connectivity index (χ0) is 13.8. The summed E-state index contributed by atoms with van der Waals surface area (Å²) in [6.07, 6.45) is -4.99. The average Bonchev–Trinajstić information content (AvgIpc) is 2.57. The molecule has 0 bridgehead atoms. The Balaban J connectivity index is 2.32. The van der Waals surface area contributed by atoms with Crippen LogP contribution in [0, 0.1) is 6.92 Å². The molecule has 0 spiro atoms. The van der Waals surface area contributed by atoms with Gasteiger partial charge in [-0.25, -0.2) is 4.79 Å². The summed E-state index contributed by atoms with van der Waals surface area (Å²) in [5.74, 6) is -0.397. The summed E-state index contributed by atoms with van der Waals surface area (Å²) in [6, 6.07) is 1.37. The Kier molecular flexibility index (Phi) is 4.77. The number of carboxylic acids is 1. The van der Waals surface area contributed by atoms with Crippen LogP contribution in [0.1, 0.15) is 34.7 Å². The van der Waals surface area contributed by atoms with Gasteiger partial charge in [-0.3, -0.25) is 0 Å². The number of furan rings is 1. The predicted octanol–water partition coefficient (Wildman–Crippen LogP) is 2.72. The molecule has 0 unspecified atom stereocenters. The number of halogens is 3. The van der Waals surface area contributed by atoms with E-state index in [0.29, 0.717) is 5.76 Å². The quantitative estimate of drug-likeness (QED) is 0.776. The lowest BCUT2D eigenvalue weighted by Gasteiger charge is -2.06. The summed E-state index contributed by atoms with van der Waals surface area (Å²) in [7, 11) is 0. The fourth-order valence-electron chi connectivity index (χ4n) is 1.47. The van der Waals surface area contributed by atoms with Crippen LogP contribution >= 0.6 is 0 Å². The molecule has 18 heavy (non-hydrogen) atoms. The topological polar surface area (TPSA) is 62.5 Å². The molecule has 1 aromatic rings. The first-order chi connectivity index (χ1) is 8.29. The highest BCUT2D eigenvalue weighted by Gasteiger charge is 2.25. The zero-order valence-corrected chi connectivity index (χ0v) is 9.80. The minimum Gasteiger partial charge on any atom is -0.478 e. The molecule has 0 atom stereocenters. The van der Waals surface area contributed by atoms with Crippen molar-refractivity contribution in [1.82, 2.24) is 5.32 Å². The van der Waals surface area contributed by atoms with Crippen molar-refractivity contribution in [3.8, 4) is 0 Å². The van der Waals surface area contributed by atoms with Gasteiger partial charge < -0.3 is 14.8 Å². The van der Waals surface area contributed by atoms with Crippen molar-refractivity contribution in [2.45, 2.75) is 32.5 Å². The SMILES string of the molecule is Cc1oc(CNCCCC(F)(F)F)cc1C(=O)O. The Morgan fingerprint density at radius 3 is 2.67 bits per heavy atom. The molecular formula is C11H14F3NO3. The molecule has 4 nitrogen and oxygen atoms in total. The van der Waals surface area contributed by atoms with E-state index in [2.05, 4.69) is 5.32 Å². The van der Waals surface area contributed by atoms with Crippen LogP contribution in [0.3, 0.4) is 0 Å². The van der Waals surface area contributed by atoms with Gasteiger partial charge in [0.25, 0.3) is 0 Å². The lowest BCUT2D eigenvalue weighted by atomic mass is 10.2. The molecular weight excluding hydrogens is 251 g/mol. The highest BCUT2D eigenvalue weighted by Crippen LogP contribution is 2.20. The van der Waals surface area contributed by atoms with Gasteiger partial charge in [0.1, 0.15) is 17.1 Å². The zero-order valence-electron chi connectivity index (χ0n) is 9.80. The van der Waals surface area contributed by atoms with Crippen molar-refractivity contribution >= 4 is 5.97 Å². The summed E-state index contributed by atoms with van der Waals surface area (Å²) >= 11 is 0. The van der Waals surface area contributed by atoms with Gasteiger partial charge in [0.2, 0.25) is 0 Å². The molecule has 0 aromatic carbocycles. The first-order valence-electron chi connectivity index (χ1n) is 5.39. The van der Waals surface area contributed by atoms with Gasteiger partial charge in [-0.05, 0) is 26.0 Å². The van der Waals surface area contributed by atoms with Gasteiger partial charge >= 0.3 is 12.1 Å². The Labute approximate surface area is 102 Å². The lowest BCUT2D eigenvalue weighted by Crippen LogP contribution is -2.17. The number of rotatable bonds is 6. The minimum atomic E-state index is -4.14. The highest BCUT2D eigenvalue weighted by atomic mass is 19.4. The maximum atomic E-state index is 11.8. The summed E-state index contributed by atoms with van der Waals surface area (Å²) in [6.45, 7) is 1.93. The number of aryl methyl sites for hydroxylation is 1. The number of alkyl halides is 3. The minimum absolute atomic E-state index is 0.0189. The first kappa shape index (κ1) is 14.6. The van der Waals surface area contributed by atoms with E-state index in [1.54, 1.807) is 0 Å². The standard InChI is InChI=1S/C11H14F3NO3/c1-7-9(10(16)17)5-8(18-7)6-15-4-2-3-11(12,13)14/h5,15H,2-4,6H2,1H3,(H,16,17). The van der Waals surface area contributed by atoms with Crippen molar-refractivity contribution < 1.29 is 27.5 Å². The Morgan fingerprint density at radius 2 is 2.17 bits per heavy atom. The van der Waals surface area contributed by atoms with E-state index in [1.807, 2.05) is 0 Å². The van der Waals surface area contributed by atoms with Crippen LogP contribution in [0.4, 0.5) is 13.2 Å². The van der Waals surface area contributed by atoms with E-state index in [-0.39, 0.29) is 30.8 Å². The molecule has 0 aliphatic carbocycles. The van der Waals surface area contributed by atoms with Crippen LogP contribution in [0.5, 0.6) is 0 Å². The van der Waals surface area contributed by atoms with Gasteiger partial charge in [0.15, 0.2) is 0 Å². The summed E-state index contributed by atoms with van der Waals surface area (Å²) in [5.41, 5.74) is 0.0714. The summed E-state index contributed by atoms with van der Waals surface area (Å²) < 4.78 is 40.7. The molecule has 0 aliphatic heterocycles. The third kappa shape index (κ3) is 4.79. The third-order valence-electron chi connectivity index (χ3n) is 2.31. The molecule has 1 rings (SSSR count). The van der Waals surface area contributed by atoms with Crippen molar-refractivity contribution in [3.63, 3.8) is 0 Å².